The van der Waals surface area contributed by atoms with Gasteiger partial charge in [0.15, 0.2) is 0 Å². The van der Waals surface area contributed by atoms with Crippen molar-refractivity contribution in [2.24, 2.45) is 10.7 Å². The lowest BCUT2D eigenvalue weighted by Gasteiger charge is -2.16. The van der Waals surface area contributed by atoms with Crippen LogP contribution in [0.25, 0.3) is 11.3 Å². The minimum absolute atomic E-state index is 0.0195. The van der Waals surface area contributed by atoms with E-state index < -0.39 is 11.7 Å². The number of halogens is 3. The molecule has 0 amide bonds. The Morgan fingerprint density at radius 3 is 2.27 bits per heavy atom. The molecule has 0 aliphatic carbocycles. The summed E-state index contributed by atoms with van der Waals surface area (Å²) in [7, 11) is 0. The largest absolute Gasteiger partial charge is 0.417 e. The summed E-state index contributed by atoms with van der Waals surface area (Å²) in [5, 5.41) is 6.15. The summed E-state index contributed by atoms with van der Waals surface area (Å²) in [4.78, 5) is 8.53. The molecule has 0 saturated heterocycles. The van der Waals surface area contributed by atoms with Gasteiger partial charge in [-0.3, -0.25) is 4.99 Å². The van der Waals surface area contributed by atoms with Crippen molar-refractivity contribution in [3.05, 3.63) is 42.0 Å². The zero-order chi connectivity index (χ0) is 25.3. The van der Waals surface area contributed by atoms with E-state index in [-0.39, 0.29) is 17.4 Å². The summed E-state index contributed by atoms with van der Waals surface area (Å²) >= 11 is 0. The van der Waals surface area contributed by atoms with Crippen molar-refractivity contribution in [2.75, 3.05) is 23.7 Å². The fourth-order valence-corrected chi connectivity index (χ4v) is 2.84. The number of aromatic nitrogens is 1. The van der Waals surface area contributed by atoms with Crippen LogP contribution in [0.15, 0.2) is 41.4 Å². The van der Waals surface area contributed by atoms with Crippen molar-refractivity contribution in [2.45, 2.75) is 73.1 Å². The highest BCUT2D eigenvalue weighted by molar-refractivity contribution is 5.71. The standard InChI is InChI=1S/C18H22F3N5.C5H12.C2H6/c1-3-23-12(2)25-17-11-13(24-9-8-22)10-16(26-17)14-6-4-5-7-15(14)18(19,20)21;1-3-5-4-2;1-2/h3-7,10-12H,8-9,22H2,1-2H3,(H2,24,25,26);3-5H2,1-2H3;1-2H3/b23-3-;;. The van der Waals surface area contributed by atoms with Crippen LogP contribution in [0.4, 0.5) is 24.7 Å². The number of pyridine rings is 1. The number of hydrogen-bond donors (Lipinski definition) is 3. The molecule has 4 N–H and O–H groups in total. The summed E-state index contributed by atoms with van der Waals surface area (Å²) in [6, 6.07) is 8.68. The maximum absolute atomic E-state index is 13.4. The van der Waals surface area contributed by atoms with Gasteiger partial charge in [-0.2, -0.15) is 13.2 Å². The third-order valence-corrected chi connectivity index (χ3v) is 4.24. The van der Waals surface area contributed by atoms with Gasteiger partial charge in [0.25, 0.3) is 0 Å². The van der Waals surface area contributed by atoms with Crippen LogP contribution in [0.5, 0.6) is 0 Å². The first-order valence-electron chi connectivity index (χ1n) is 11.6. The molecule has 0 aliphatic rings. The summed E-state index contributed by atoms with van der Waals surface area (Å²) in [6.07, 6.45) is 0.996. The lowest BCUT2D eigenvalue weighted by molar-refractivity contribution is -0.137. The monoisotopic (exact) mass is 467 g/mol. The van der Waals surface area contributed by atoms with Gasteiger partial charge in [-0.05, 0) is 32.2 Å². The predicted octanol–water partition coefficient (Wildman–Crippen LogP) is 7.21. The van der Waals surface area contributed by atoms with E-state index in [1.165, 1.54) is 31.4 Å². The predicted molar refractivity (Wildman–Crippen MR) is 136 cm³/mol. The minimum Gasteiger partial charge on any atom is -0.384 e. The quantitative estimate of drug-likeness (QED) is 0.341. The number of nitrogens with two attached hydrogens (primary N) is 1. The Hall–Kier alpha value is -2.61. The van der Waals surface area contributed by atoms with Crippen LogP contribution in [0.1, 0.15) is 66.4 Å². The molecule has 0 bridgehead atoms. The van der Waals surface area contributed by atoms with E-state index in [9.17, 15) is 13.2 Å². The molecule has 0 aliphatic heterocycles. The highest BCUT2D eigenvalue weighted by atomic mass is 19.4. The highest BCUT2D eigenvalue weighted by Crippen LogP contribution is 2.37. The lowest BCUT2D eigenvalue weighted by atomic mass is 10.0. The second-order valence-corrected chi connectivity index (χ2v) is 6.97. The van der Waals surface area contributed by atoms with Crippen LogP contribution >= 0.6 is 0 Å². The van der Waals surface area contributed by atoms with Crippen molar-refractivity contribution in [3.8, 4) is 11.3 Å². The fraction of sp³-hybridized carbons (Fsp3) is 0.520. The van der Waals surface area contributed by atoms with Gasteiger partial charge in [0, 0.05) is 30.4 Å². The topological polar surface area (TPSA) is 75.3 Å². The number of hydrogen-bond acceptors (Lipinski definition) is 5. The van der Waals surface area contributed by atoms with Gasteiger partial charge in [-0.15, -0.1) is 0 Å². The Labute approximate surface area is 197 Å². The fourth-order valence-electron chi connectivity index (χ4n) is 2.84. The van der Waals surface area contributed by atoms with Crippen LogP contribution in [-0.2, 0) is 6.18 Å². The number of benzene rings is 1. The zero-order valence-corrected chi connectivity index (χ0v) is 20.8. The normalized spacial score (nSPS) is 11.7. The summed E-state index contributed by atoms with van der Waals surface area (Å²) in [6.45, 7) is 12.9. The maximum atomic E-state index is 13.4. The lowest BCUT2D eigenvalue weighted by Crippen LogP contribution is -2.16. The van der Waals surface area contributed by atoms with Crippen LogP contribution in [0.2, 0.25) is 0 Å². The average Bonchev–Trinajstić information content (AvgIpc) is 2.79. The SMILES string of the molecule is C/C=N\C(C)Nc1cc(NCCN)cc(-c2ccccc2C(F)(F)F)n1.CC.CCCCC. The number of nitrogens with one attached hydrogen (secondary N) is 2. The number of aliphatic imine (C=N–C) groups is 1. The number of nitrogens with zero attached hydrogens (tertiary/aromatic N) is 2. The molecular formula is C25H40F3N5. The number of anilines is 2. The summed E-state index contributed by atoms with van der Waals surface area (Å²) in [5.41, 5.74) is 5.64. The molecule has 5 nitrogen and oxygen atoms in total. The number of alkyl halides is 3. The van der Waals surface area contributed by atoms with Crippen molar-refractivity contribution in [1.29, 1.82) is 0 Å². The van der Waals surface area contributed by atoms with Gasteiger partial charge in [-0.1, -0.05) is 65.2 Å². The maximum Gasteiger partial charge on any atom is 0.417 e. The van der Waals surface area contributed by atoms with Gasteiger partial charge in [0.1, 0.15) is 12.0 Å². The molecule has 1 unspecified atom stereocenters. The van der Waals surface area contributed by atoms with Gasteiger partial charge >= 0.3 is 6.18 Å². The van der Waals surface area contributed by atoms with E-state index in [1.54, 1.807) is 31.3 Å². The van der Waals surface area contributed by atoms with Crippen molar-refractivity contribution >= 4 is 17.7 Å². The van der Waals surface area contributed by atoms with Gasteiger partial charge in [0.2, 0.25) is 0 Å². The molecule has 0 fully saturated rings. The molecule has 0 radical (unpaired) electrons. The zero-order valence-electron chi connectivity index (χ0n) is 20.8. The molecule has 0 spiro atoms. The third kappa shape index (κ3) is 11.7. The highest BCUT2D eigenvalue weighted by Gasteiger charge is 2.33. The Kier molecular flexibility index (Phi) is 15.6. The van der Waals surface area contributed by atoms with E-state index in [1.807, 2.05) is 20.8 Å². The van der Waals surface area contributed by atoms with E-state index in [4.69, 9.17) is 5.73 Å². The molecular weight excluding hydrogens is 427 g/mol. The first kappa shape index (κ1) is 30.4. The van der Waals surface area contributed by atoms with Crippen LogP contribution in [0.3, 0.4) is 0 Å². The molecule has 1 atom stereocenters. The molecule has 1 heterocycles. The minimum atomic E-state index is -4.47. The van der Waals surface area contributed by atoms with Crippen molar-refractivity contribution < 1.29 is 13.2 Å². The Bertz CT molecular complexity index is 805. The Morgan fingerprint density at radius 2 is 1.76 bits per heavy atom. The van der Waals surface area contributed by atoms with E-state index >= 15 is 0 Å². The van der Waals surface area contributed by atoms with E-state index in [2.05, 4.69) is 34.5 Å². The van der Waals surface area contributed by atoms with Crippen LogP contribution in [-0.4, -0.2) is 30.5 Å². The number of rotatable bonds is 9. The van der Waals surface area contributed by atoms with E-state index in [0.29, 0.717) is 24.6 Å². The second-order valence-electron chi connectivity index (χ2n) is 6.97. The molecule has 1 aromatic carbocycles. The average molecular weight is 468 g/mol. The first-order valence-corrected chi connectivity index (χ1v) is 11.6. The Morgan fingerprint density at radius 1 is 1.12 bits per heavy atom. The van der Waals surface area contributed by atoms with Gasteiger partial charge in [0.05, 0.1) is 11.3 Å². The second kappa shape index (κ2) is 16.9. The molecule has 1 aromatic heterocycles. The molecule has 2 aromatic rings. The van der Waals surface area contributed by atoms with Gasteiger partial charge < -0.3 is 16.4 Å². The van der Waals surface area contributed by atoms with Crippen LogP contribution < -0.4 is 16.4 Å². The molecule has 8 heteroatoms. The third-order valence-electron chi connectivity index (χ3n) is 4.24. The molecule has 0 saturated carbocycles. The van der Waals surface area contributed by atoms with Gasteiger partial charge in [-0.25, -0.2) is 4.98 Å². The number of unbranched alkanes of at least 4 members (excludes halogenated alkanes) is 2. The molecule has 2 rings (SSSR count). The first-order chi connectivity index (χ1) is 15.8. The molecule has 33 heavy (non-hydrogen) atoms. The van der Waals surface area contributed by atoms with Crippen molar-refractivity contribution in [3.63, 3.8) is 0 Å². The van der Waals surface area contributed by atoms with Crippen LogP contribution in [0, 0.1) is 0 Å². The molecule has 186 valence electrons. The van der Waals surface area contributed by atoms with E-state index in [0.717, 1.165) is 6.07 Å². The summed E-state index contributed by atoms with van der Waals surface area (Å²) < 4.78 is 40.1. The smallest absolute Gasteiger partial charge is 0.384 e. The van der Waals surface area contributed by atoms with Crippen molar-refractivity contribution in [1.82, 2.24) is 4.98 Å². The Balaban J connectivity index is 0.00000129. The summed E-state index contributed by atoms with van der Waals surface area (Å²) in [5.74, 6) is 0.428.